The van der Waals surface area contributed by atoms with Crippen LogP contribution in [0.4, 0.5) is 4.39 Å². The van der Waals surface area contributed by atoms with Crippen LogP contribution in [-0.4, -0.2) is 41.4 Å². The molecule has 0 spiro atoms. The third-order valence-corrected chi connectivity index (χ3v) is 5.12. The van der Waals surface area contributed by atoms with Gasteiger partial charge in [0.15, 0.2) is 5.78 Å². The Labute approximate surface area is 151 Å². The van der Waals surface area contributed by atoms with Gasteiger partial charge in [0.2, 0.25) is 0 Å². The number of aromatic amines is 1. The number of aromatic nitrogens is 1. The van der Waals surface area contributed by atoms with Crippen LogP contribution in [0.2, 0.25) is 0 Å². The Morgan fingerprint density at radius 2 is 2.00 bits per heavy atom. The number of ether oxygens (including phenoxy) is 1. The van der Waals surface area contributed by atoms with E-state index in [9.17, 15) is 9.18 Å². The SMILES string of the molecule is C[C@H](C(=O)c1c[nH]c2ccccc12)N1CCO[C@H](c2ccc(F)cc2)C1. The zero-order valence-corrected chi connectivity index (χ0v) is 14.6. The third kappa shape index (κ3) is 3.16. The average Bonchev–Trinajstić information content (AvgIpc) is 3.11. The van der Waals surface area contributed by atoms with Crippen molar-refractivity contribution < 1.29 is 13.9 Å². The van der Waals surface area contributed by atoms with Gasteiger partial charge in [0.25, 0.3) is 0 Å². The van der Waals surface area contributed by atoms with Crippen molar-refractivity contribution in [3.05, 3.63) is 71.7 Å². The summed E-state index contributed by atoms with van der Waals surface area (Å²) in [6.07, 6.45) is 1.64. The van der Waals surface area contributed by atoms with Gasteiger partial charge in [-0.1, -0.05) is 30.3 Å². The predicted octanol–water partition coefficient (Wildman–Crippen LogP) is 3.95. The highest BCUT2D eigenvalue weighted by Gasteiger charge is 2.30. The van der Waals surface area contributed by atoms with Crippen molar-refractivity contribution >= 4 is 16.7 Å². The van der Waals surface area contributed by atoms with Gasteiger partial charge in [0.05, 0.1) is 18.8 Å². The third-order valence-electron chi connectivity index (χ3n) is 5.12. The number of nitrogens with one attached hydrogen (secondary N) is 1. The van der Waals surface area contributed by atoms with E-state index < -0.39 is 0 Å². The number of halogens is 1. The number of Topliss-reactive ketones (excluding diaryl/α,β-unsaturated/α-hetero) is 1. The van der Waals surface area contributed by atoms with Crippen LogP contribution in [0.5, 0.6) is 0 Å². The smallest absolute Gasteiger partial charge is 0.181 e. The molecule has 3 aromatic rings. The summed E-state index contributed by atoms with van der Waals surface area (Å²) < 4.78 is 19.0. The van der Waals surface area contributed by atoms with Crippen LogP contribution in [-0.2, 0) is 4.74 Å². The maximum Gasteiger partial charge on any atom is 0.181 e. The largest absolute Gasteiger partial charge is 0.371 e. The van der Waals surface area contributed by atoms with Gasteiger partial charge in [-0.2, -0.15) is 0 Å². The molecule has 1 saturated heterocycles. The van der Waals surface area contributed by atoms with Gasteiger partial charge in [-0.15, -0.1) is 0 Å². The number of fused-ring (bicyclic) bond motifs is 1. The first-order valence-electron chi connectivity index (χ1n) is 8.85. The Kier molecular flexibility index (Phi) is 4.57. The number of hydrogen-bond acceptors (Lipinski definition) is 3. The first-order valence-corrected chi connectivity index (χ1v) is 8.85. The molecule has 4 nitrogen and oxygen atoms in total. The lowest BCUT2D eigenvalue weighted by Gasteiger charge is -2.36. The number of H-pyrrole nitrogens is 1. The molecule has 1 N–H and O–H groups in total. The zero-order chi connectivity index (χ0) is 18.1. The fourth-order valence-corrected chi connectivity index (χ4v) is 3.57. The molecule has 0 radical (unpaired) electrons. The fraction of sp³-hybridized carbons (Fsp3) is 0.286. The molecule has 0 aliphatic carbocycles. The maximum absolute atomic E-state index is 13.2. The van der Waals surface area contributed by atoms with Gasteiger partial charge >= 0.3 is 0 Å². The summed E-state index contributed by atoms with van der Waals surface area (Å²) in [5.74, 6) is -0.161. The summed E-state index contributed by atoms with van der Waals surface area (Å²) in [5, 5.41) is 0.952. The topological polar surface area (TPSA) is 45.3 Å². The minimum absolute atomic E-state index is 0.0993. The standard InChI is InChI=1S/C21H21FN2O2/c1-14(21(25)18-12-23-19-5-3-2-4-17(18)19)24-10-11-26-20(13-24)15-6-8-16(22)9-7-15/h2-9,12,14,20,23H,10-11,13H2,1H3/t14-,20+/m1/s1. The Bertz CT molecular complexity index is 919. The van der Waals surface area contributed by atoms with Gasteiger partial charge in [0, 0.05) is 35.8 Å². The van der Waals surface area contributed by atoms with Crippen LogP contribution in [0.1, 0.15) is 28.9 Å². The van der Waals surface area contributed by atoms with Gasteiger partial charge in [0.1, 0.15) is 5.82 Å². The molecule has 134 valence electrons. The van der Waals surface area contributed by atoms with Gasteiger partial charge in [-0.05, 0) is 30.7 Å². The van der Waals surface area contributed by atoms with Crippen LogP contribution in [0.25, 0.3) is 10.9 Å². The second kappa shape index (κ2) is 7.02. The molecule has 1 aliphatic heterocycles. The minimum Gasteiger partial charge on any atom is -0.371 e. The molecular weight excluding hydrogens is 331 g/mol. The molecule has 0 bridgehead atoms. The number of morpholine rings is 1. The average molecular weight is 352 g/mol. The molecule has 1 aliphatic rings. The van der Waals surface area contributed by atoms with E-state index in [1.54, 1.807) is 18.3 Å². The van der Waals surface area contributed by atoms with Crippen molar-refractivity contribution in [3.8, 4) is 0 Å². The molecule has 2 heterocycles. The van der Waals surface area contributed by atoms with Crippen molar-refractivity contribution in [2.24, 2.45) is 0 Å². The van der Waals surface area contributed by atoms with E-state index in [0.29, 0.717) is 19.7 Å². The fourth-order valence-electron chi connectivity index (χ4n) is 3.57. The highest BCUT2D eigenvalue weighted by Crippen LogP contribution is 2.26. The van der Waals surface area contributed by atoms with E-state index in [1.165, 1.54) is 12.1 Å². The number of hydrogen-bond donors (Lipinski definition) is 1. The lowest BCUT2D eigenvalue weighted by Crippen LogP contribution is -2.46. The van der Waals surface area contributed by atoms with Crippen molar-refractivity contribution in [2.75, 3.05) is 19.7 Å². The first kappa shape index (κ1) is 16.9. The molecule has 0 saturated carbocycles. The second-order valence-electron chi connectivity index (χ2n) is 6.69. The molecular formula is C21H21FN2O2. The predicted molar refractivity (Wildman–Crippen MR) is 98.8 cm³/mol. The molecule has 0 unspecified atom stereocenters. The maximum atomic E-state index is 13.2. The summed E-state index contributed by atoms with van der Waals surface area (Å²) in [7, 11) is 0. The van der Waals surface area contributed by atoms with Gasteiger partial charge in [-0.25, -0.2) is 4.39 Å². The summed E-state index contributed by atoms with van der Waals surface area (Å²) >= 11 is 0. The number of carbonyl (C=O) groups is 1. The molecule has 2 aromatic carbocycles. The Balaban J connectivity index is 1.52. The molecule has 4 rings (SSSR count). The molecule has 26 heavy (non-hydrogen) atoms. The van der Waals surface area contributed by atoms with E-state index in [-0.39, 0.29) is 23.7 Å². The molecule has 2 atom stereocenters. The van der Waals surface area contributed by atoms with Gasteiger partial charge in [-0.3, -0.25) is 9.69 Å². The Hall–Kier alpha value is -2.50. The minimum atomic E-state index is -0.260. The zero-order valence-electron chi connectivity index (χ0n) is 14.6. The van der Waals surface area contributed by atoms with Crippen molar-refractivity contribution in [2.45, 2.75) is 19.1 Å². The highest BCUT2D eigenvalue weighted by atomic mass is 19.1. The number of nitrogens with zero attached hydrogens (tertiary/aromatic N) is 1. The van der Waals surface area contributed by atoms with Crippen molar-refractivity contribution in [1.29, 1.82) is 0 Å². The Morgan fingerprint density at radius 3 is 2.81 bits per heavy atom. The molecule has 1 fully saturated rings. The lowest BCUT2D eigenvalue weighted by atomic mass is 10.0. The number of carbonyl (C=O) groups excluding carboxylic acids is 1. The first-order chi connectivity index (χ1) is 12.6. The van der Waals surface area contributed by atoms with Crippen LogP contribution in [0.3, 0.4) is 0 Å². The molecule has 0 amide bonds. The van der Waals surface area contributed by atoms with Crippen LogP contribution in [0, 0.1) is 5.82 Å². The molecule has 1 aromatic heterocycles. The normalized spacial score (nSPS) is 19.5. The van der Waals surface area contributed by atoms with Crippen LogP contribution < -0.4 is 0 Å². The van der Waals surface area contributed by atoms with Crippen LogP contribution >= 0.6 is 0 Å². The monoisotopic (exact) mass is 352 g/mol. The van der Waals surface area contributed by atoms with Gasteiger partial charge < -0.3 is 9.72 Å². The van der Waals surface area contributed by atoms with Crippen LogP contribution in [0.15, 0.2) is 54.7 Å². The van der Waals surface area contributed by atoms with E-state index in [4.69, 9.17) is 4.74 Å². The second-order valence-corrected chi connectivity index (χ2v) is 6.69. The quantitative estimate of drug-likeness (QED) is 0.723. The highest BCUT2D eigenvalue weighted by molar-refractivity contribution is 6.10. The summed E-state index contributed by atoms with van der Waals surface area (Å²) in [6.45, 7) is 3.80. The summed E-state index contributed by atoms with van der Waals surface area (Å²) in [6, 6.07) is 14.0. The number of rotatable bonds is 4. The lowest BCUT2D eigenvalue weighted by molar-refractivity contribution is -0.0387. The van der Waals surface area contributed by atoms with Crippen molar-refractivity contribution in [1.82, 2.24) is 9.88 Å². The Morgan fingerprint density at radius 1 is 1.23 bits per heavy atom. The van der Waals surface area contributed by atoms with E-state index in [2.05, 4.69) is 9.88 Å². The van der Waals surface area contributed by atoms with E-state index in [1.807, 2.05) is 31.2 Å². The summed E-state index contributed by atoms with van der Waals surface area (Å²) in [5.41, 5.74) is 2.62. The van der Waals surface area contributed by atoms with E-state index >= 15 is 0 Å². The van der Waals surface area contributed by atoms with Crippen molar-refractivity contribution in [3.63, 3.8) is 0 Å². The number of para-hydroxylation sites is 1. The molecule has 5 heteroatoms. The number of benzene rings is 2. The number of ketones is 1. The van der Waals surface area contributed by atoms with E-state index in [0.717, 1.165) is 22.0 Å². The summed E-state index contributed by atoms with van der Waals surface area (Å²) in [4.78, 5) is 18.4.